The molecule has 17 heavy (non-hydrogen) atoms. The van der Waals surface area contributed by atoms with Gasteiger partial charge in [-0.3, -0.25) is 10.6 Å². The summed E-state index contributed by atoms with van der Waals surface area (Å²) in [5, 5.41) is 10.7. The van der Waals surface area contributed by atoms with Crippen LogP contribution in [0.5, 0.6) is 0 Å². The normalized spacial score (nSPS) is 46.1. The van der Waals surface area contributed by atoms with Gasteiger partial charge in [-0.05, 0) is 44.6 Å². The fraction of sp³-hybridized carbons (Fsp3) is 1.00. The third-order valence-electron chi connectivity index (χ3n) is 4.38. The summed E-state index contributed by atoms with van der Waals surface area (Å²) in [6, 6.07) is 0.884. The lowest BCUT2D eigenvalue weighted by molar-refractivity contribution is 0.211. The number of fused-ring (bicyclic) bond motifs is 1. The van der Waals surface area contributed by atoms with E-state index in [1.54, 1.807) is 0 Å². The Labute approximate surface area is 109 Å². The monoisotopic (exact) mass is 263 g/mol. The van der Waals surface area contributed by atoms with Crippen LogP contribution < -0.4 is 16.0 Å². The van der Waals surface area contributed by atoms with E-state index in [0.717, 1.165) is 25.9 Å². The zero-order valence-corrected chi connectivity index (χ0v) is 10.9. The van der Waals surface area contributed by atoms with Crippen molar-refractivity contribution >= 4 is 12.4 Å². The summed E-state index contributed by atoms with van der Waals surface area (Å²) in [7, 11) is 0. The van der Waals surface area contributed by atoms with Gasteiger partial charge in [-0.25, -0.2) is 4.39 Å². The second-order valence-corrected chi connectivity index (χ2v) is 5.54. The Morgan fingerprint density at radius 3 is 2.59 bits per heavy atom. The smallest absolute Gasteiger partial charge is 0.102 e. The van der Waals surface area contributed by atoms with Crippen molar-refractivity contribution in [3.05, 3.63) is 0 Å². The highest BCUT2D eigenvalue weighted by atomic mass is 35.5. The molecule has 100 valence electrons. The molecular weight excluding hydrogens is 241 g/mol. The van der Waals surface area contributed by atoms with Gasteiger partial charge in [0.15, 0.2) is 0 Å². The minimum Gasteiger partial charge on any atom is -0.316 e. The van der Waals surface area contributed by atoms with Crippen LogP contribution in [0.3, 0.4) is 0 Å². The number of alkyl halides is 1. The van der Waals surface area contributed by atoms with Crippen LogP contribution in [0.25, 0.3) is 0 Å². The van der Waals surface area contributed by atoms with Crippen LogP contribution in [0.1, 0.15) is 32.1 Å². The quantitative estimate of drug-likeness (QED) is 0.665. The number of hydrogen-bond donors (Lipinski definition) is 3. The first kappa shape index (κ1) is 13.5. The van der Waals surface area contributed by atoms with Crippen LogP contribution >= 0.6 is 12.4 Å². The Hall–Kier alpha value is 0.1000. The standard InChI is InChI=1S/C12H22FN3.ClH/c13-9-3-4-10-11(6-9)16-12(15-10)8-2-1-5-14-7-8;/h8-12,14-16H,1-7H2;1H. The molecule has 1 aliphatic carbocycles. The summed E-state index contributed by atoms with van der Waals surface area (Å²) >= 11 is 0. The van der Waals surface area contributed by atoms with Gasteiger partial charge in [0, 0.05) is 18.6 Å². The molecule has 3 aliphatic rings. The van der Waals surface area contributed by atoms with E-state index in [9.17, 15) is 4.39 Å². The Bertz CT molecular complexity index is 248. The Kier molecular flexibility index (Phi) is 4.64. The summed E-state index contributed by atoms with van der Waals surface area (Å²) in [6.45, 7) is 2.26. The van der Waals surface area contributed by atoms with Crippen LogP contribution in [-0.4, -0.2) is 37.5 Å². The second kappa shape index (κ2) is 5.83. The van der Waals surface area contributed by atoms with E-state index in [2.05, 4.69) is 16.0 Å². The van der Waals surface area contributed by atoms with Gasteiger partial charge >= 0.3 is 0 Å². The van der Waals surface area contributed by atoms with E-state index in [0.29, 0.717) is 30.6 Å². The Morgan fingerprint density at radius 2 is 1.82 bits per heavy atom. The molecule has 0 aromatic rings. The van der Waals surface area contributed by atoms with Gasteiger partial charge in [0.2, 0.25) is 0 Å². The number of rotatable bonds is 1. The molecule has 2 aliphatic heterocycles. The lowest BCUT2D eigenvalue weighted by atomic mass is 9.90. The molecule has 5 unspecified atom stereocenters. The number of halogens is 2. The van der Waals surface area contributed by atoms with Crippen molar-refractivity contribution in [3.63, 3.8) is 0 Å². The second-order valence-electron chi connectivity index (χ2n) is 5.54. The molecule has 1 saturated carbocycles. The molecule has 3 rings (SSSR count). The third kappa shape index (κ3) is 2.92. The van der Waals surface area contributed by atoms with Crippen LogP contribution in [-0.2, 0) is 0 Å². The van der Waals surface area contributed by atoms with Crippen molar-refractivity contribution in [2.75, 3.05) is 13.1 Å². The lowest BCUT2D eigenvalue weighted by Crippen LogP contribution is -2.47. The van der Waals surface area contributed by atoms with Crippen LogP contribution in [0.4, 0.5) is 4.39 Å². The van der Waals surface area contributed by atoms with E-state index >= 15 is 0 Å². The van der Waals surface area contributed by atoms with E-state index in [-0.39, 0.29) is 12.4 Å². The molecule has 0 aromatic carbocycles. The predicted octanol–water partition coefficient (Wildman–Crippen LogP) is 1.19. The highest BCUT2D eigenvalue weighted by Crippen LogP contribution is 2.28. The summed E-state index contributed by atoms with van der Waals surface area (Å²) in [4.78, 5) is 0. The molecule has 5 heteroatoms. The Balaban J connectivity index is 0.00000108. The van der Waals surface area contributed by atoms with Gasteiger partial charge in [-0.1, -0.05) is 0 Å². The largest absolute Gasteiger partial charge is 0.316 e. The maximum Gasteiger partial charge on any atom is 0.102 e. The predicted molar refractivity (Wildman–Crippen MR) is 69.2 cm³/mol. The molecule has 2 heterocycles. The molecule has 0 radical (unpaired) electrons. The van der Waals surface area contributed by atoms with Crippen LogP contribution in [0.15, 0.2) is 0 Å². The molecule has 3 fully saturated rings. The molecule has 0 amide bonds. The molecule has 0 bridgehead atoms. The lowest BCUT2D eigenvalue weighted by Gasteiger charge is -2.28. The third-order valence-corrected chi connectivity index (χ3v) is 4.38. The molecule has 5 atom stereocenters. The molecule has 3 nitrogen and oxygen atoms in total. The maximum absolute atomic E-state index is 13.3. The number of piperidine rings is 1. The van der Waals surface area contributed by atoms with Gasteiger partial charge in [0.05, 0.1) is 6.17 Å². The number of hydrogen-bond acceptors (Lipinski definition) is 3. The summed E-state index contributed by atoms with van der Waals surface area (Å²) < 4.78 is 13.3. The van der Waals surface area contributed by atoms with E-state index in [1.807, 2.05) is 0 Å². The first-order valence-electron chi connectivity index (χ1n) is 6.70. The van der Waals surface area contributed by atoms with Gasteiger partial charge in [-0.15, -0.1) is 12.4 Å². The molecule has 3 N–H and O–H groups in total. The van der Waals surface area contributed by atoms with Crippen LogP contribution in [0, 0.1) is 5.92 Å². The number of nitrogens with one attached hydrogen (secondary N) is 3. The summed E-state index contributed by atoms with van der Waals surface area (Å²) in [6.07, 6.45) is 4.82. The highest BCUT2D eigenvalue weighted by Gasteiger charge is 2.40. The van der Waals surface area contributed by atoms with Gasteiger partial charge in [0.1, 0.15) is 6.17 Å². The van der Waals surface area contributed by atoms with Crippen molar-refractivity contribution in [1.29, 1.82) is 0 Å². The minimum absolute atomic E-state index is 0. The van der Waals surface area contributed by atoms with Gasteiger partial charge in [0.25, 0.3) is 0 Å². The maximum atomic E-state index is 13.3. The van der Waals surface area contributed by atoms with Gasteiger partial charge in [-0.2, -0.15) is 0 Å². The average molecular weight is 264 g/mol. The van der Waals surface area contributed by atoms with Crippen molar-refractivity contribution in [3.8, 4) is 0 Å². The summed E-state index contributed by atoms with van der Waals surface area (Å²) in [5.41, 5.74) is 0. The zero-order chi connectivity index (χ0) is 11.0. The van der Waals surface area contributed by atoms with Crippen LogP contribution in [0.2, 0.25) is 0 Å². The highest BCUT2D eigenvalue weighted by molar-refractivity contribution is 5.85. The first-order valence-corrected chi connectivity index (χ1v) is 6.70. The Morgan fingerprint density at radius 1 is 1.00 bits per heavy atom. The van der Waals surface area contributed by atoms with E-state index in [1.165, 1.54) is 12.8 Å². The fourth-order valence-electron chi connectivity index (χ4n) is 3.45. The fourth-order valence-corrected chi connectivity index (χ4v) is 3.45. The molecule has 0 aromatic heterocycles. The van der Waals surface area contributed by atoms with Crippen molar-refractivity contribution < 1.29 is 4.39 Å². The van der Waals surface area contributed by atoms with E-state index in [4.69, 9.17) is 0 Å². The van der Waals surface area contributed by atoms with Gasteiger partial charge < -0.3 is 5.32 Å². The van der Waals surface area contributed by atoms with Crippen molar-refractivity contribution in [1.82, 2.24) is 16.0 Å². The topological polar surface area (TPSA) is 36.1 Å². The van der Waals surface area contributed by atoms with E-state index < -0.39 is 6.17 Å². The van der Waals surface area contributed by atoms with Crippen molar-refractivity contribution in [2.24, 2.45) is 5.92 Å². The minimum atomic E-state index is -0.584. The SMILES string of the molecule is Cl.FC1CCC2NC(C3CCCNC3)NC2C1. The molecular formula is C12H23ClFN3. The first-order chi connectivity index (χ1) is 7.83. The zero-order valence-electron chi connectivity index (χ0n) is 10.1. The average Bonchev–Trinajstić information content (AvgIpc) is 2.73. The van der Waals surface area contributed by atoms with Crippen molar-refractivity contribution in [2.45, 2.75) is 56.5 Å². The summed E-state index contributed by atoms with van der Waals surface area (Å²) in [5.74, 6) is 0.678. The molecule has 0 spiro atoms. The molecule has 2 saturated heterocycles.